The second kappa shape index (κ2) is 55.7. The van der Waals surface area contributed by atoms with Gasteiger partial charge in [-0.2, -0.15) is 0 Å². The number of phosphoric ester groups is 1. The molecule has 8 nitrogen and oxygen atoms in total. The number of hydrogen-bond acceptors (Lipinski definition) is 6. The average Bonchev–Trinajstić information content (AvgIpc) is 3.35. The van der Waals surface area contributed by atoms with Crippen molar-refractivity contribution in [2.75, 3.05) is 40.9 Å². The summed E-state index contributed by atoms with van der Waals surface area (Å²) in [5.74, 6) is -0.160. The van der Waals surface area contributed by atoms with E-state index in [-0.39, 0.29) is 19.1 Å². The van der Waals surface area contributed by atoms with Gasteiger partial charge in [0.05, 0.1) is 39.9 Å². The molecule has 3 unspecified atom stereocenters. The van der Waals surface area contributed by atoms with E-state index in [4.69, 9.17) is 9.05 Å². The summed E-state index contributed by atoms with van der Waals surface area (Å²) in [6.45, 7) is 4.77. The molecule has 434 valence electrons. The number of nitrogens with one attached hydrogen (secondary N) is 1. The SMILES string of the molecule is CCCCCCCCCCC/C=C\C/C=C\CCCCCCCCCCCCCCCC(=O)NC(COP(=O)([O-])OCC[N+](C)(C)C)C(O)CCCCCCCCCCCCCCCCCCCCCCCC. The van der Waals surface area contributed by atoms with E-state index in [1.165, 1.54) is 257 Å². The Bertz CT molecular complexity index is 1240. The Balaban J connectivity index is 4.07. The molecule has 0 bridgehead atoms. The number of carbonyl (C=O) groups excluding carboxylic acids is 1. The number of unbranched alkanes of at least 4 members (excludes halogenated alkanes) is 43. The maximum absolute atomic E-state index is 13.0. The normalized spacial score (nSPS) is 13.9. The van der Waals surface area contributed by atoms with Crippen molar-refractivity contribution in [2.24, 2.45) is 0 Å². The Morgan fingerprint density at radius 1 is 0.479 bits per heavy atom. The standard InChI is InChI=1S/C64H127N2O6P/c1-6-8-10-12-14-16-18-20-22-24-26-28-30-31-32-33-34-35-36-38-40-42-44-46-48-50-52-54-56-58-64(68)65-62(61-72-73(69,70)71-60-59-66(3,4)5)63(67)57-55-53-51-49-47-45-43-41-39-37-29-27-25-23-21-19-17-15-13-11-9-7-2/h26,28,31-32,62-63,67H,6-25,27,29-30,33-61H2,1-5H3,(H-,65,68,69,70)/b28-26-,32-31-. The van der Waals surface area contributed by atoms with Crippen LogP contribution in [0.5, 0.6) is 0 Å². The van der Waals surface area contributed by atoms with Crippen molar-refractivity contribution >= 4 is 13.7 Å². The molecule has 1 amide bonds. The summed E-state index contributed by atoms with van der Waals surface area (Å²) in [4.78, 5) is 25.6. The Morgan fingerprint density at radius 2 is 0.795 bits per heavy atom. The lowest BCUT2D eigenvalue weighted by Crippen LogP contribution is -2.46. The first-order chi connectivity index (χ1) is 35.5. The summed E-state index contributed by atoms with van der Waals surface area (Å²) >= 11 is 0. The summed E-state index contributed by atoms with van der Waals surface area (Å²) in [6.07, 6.45) is 70.8. The van der Waals surface area contributed by atoms with Gasteiger partial charge in [0.2, 0.25) is 5.91 Å². The monoisotopic (exact) mass is 1050 g/mol. The molecular weight excluding hydrogens is 924 g/mol. The first-order valence-electron chi connectivity index (χ1n) is 32.2. The Morgan fingerprint density at radius 3 is 1.14 bits per heavy atom. The molecule has 3 atom stereocenters. The molecule has 0 saturated carbocycles. The molecule has 73 heavy (non-hydrogen) atoms. The first-order valence-corrected chi connectivity index (χ1v) is 33.6. The number of allylic oxidation sites excluding steroid dienone is 4. The van der Waals surface area contributed by atoms with E-state index in [0.717, 1.165) is 44.9 Å². The zero-order valence-electron chi connectivity index (χ0n) is 49.6. The fraction of sp³-hybridized carbons (Fsp3) is 0.922. The van der Waals surface area contributed by atoms with E-state index >= 15 is 0 Å². The highest BCUT2D eigenvalue weighted by atomic mass is 31.2. The van der Waals surface area contributed by atoms with E-state index in [0.29, 0.717) is 23.9 Å². The highest BCUT2D eigenvalue weighted by Crippen LogP contribution is 2.38. The number of amides is 1. The number of aliphatic hydroxyl groups is 1. The van der Waals surface area contributed by atoms with Crippen molar-refractivity contribution in [1.82, 2.24) is 5.32 Å². The van der Waals surface area contributed by atoms with Crippen molar-refractivity contribution in [3.8, 4) is 0 Å². The predicted octanol–water partition coefficient (Wildman–Crippen LogP) is 19.3. The van der Waals surface area contributed by atoms with Crippen LogP contribution in [0.25, 0.3) is 0 Å². The minimum absolute atomic E-state index is 0.0139. The molecule has 0 fully saturated rings. The highest BCUT2D eigenvalue weighted by molar-refractivity contribution is 7.45. The van der Waals surface area contributed by atoms with Gasteiger partial charge < -0.3 is 28.8 Å². The van der Waals surface area contributed by atoms with Crippen molar-refractivity contribution in [3.05, 3.63) is 24.3 Å². The topological polar surface area (TPSA) is 108 Å². The third kappa shape index (κ3) is 58.5. The highest BCUT2D eigenvalue weighted by Gasteiger charge is 2.24. The minimum atomic E-state index is -4.58. The quantitative estimate of drug-likeness (QED) is 0.0272. The number of rotatable bonds is 60. The predicted molar refractivity (Wildman–Crippen MR) is 316 cm³/mol. The van der Waals surface area contributed by atoms with Gasteiger partial charge in [0.15, 0.2) is 0 Å². The lowest BCUT2D eigenvalue weighted by atomic mass is 10.0. The summed E-state index contributed by atoms with van der Waals surface area (Å²) in [6, 6.07) is -0.801. The van der Waals surface area contributed by atoms with Crippen LogP contribution in [-0.4, -0.2) is 68.5 Å². The van der Waals surface area contributed by atoms with E-state index in [1.807, 2.05) is 21.1 Å². The average molecular weight is 1050 g/mol. The van der Waals surface area contributed by atoms with Gasteiger partial charge in [-0.05, 0) is 44.9 Å². The number of aliphatic hydroxyl groups excluding tert-OH is 1. The van der Waals surface area contributed by atoms with Crippen LogP contribution in [-0.2, 0) is 18.4 Å². The molecule has 0 aliphatic heterocycles. The third-order valence-electron chi connectivity index (χ3n) is 14.9. The Kier molecular flexibility index (Phi) is 54.9. The molecule has 0 heterocycles. The van der Waals surface area contributed by atoms with Crippen molar-refractivity contribution in [3.63, 3.8) is 0 Å². The van der Waals surface area contributed by atoms with Crippen LogP contribution in [0.1, 0.15) is 328 Å². The minimum Gasteiger partial charge on any atom is -0.756 e. The van der Waals surface area contributed by atoms with Gasteiger partial charge in [0.1, 0.15) is 13.2 Å². The number of phosphoric acid groups is 1. The van der Waals surface area contributed by atoms with Crippen LogP contribution in [0.15, 0.2) is 24.3 Å². The van der Waals surface area contributed by atoms with Crippen molar-refractivity contribution in [2.45, 2.75) is 341 Å². The maximum Gasteiger partial charge on any atom is 0.268 e. The van der Waals surface area contributed by atoms with Gasteiger partial charge >= 0.3 is 0 Å². The Labute approximate surface area is 455 Å². The van der Waals surface area contributed by atoms with Crippen LogP contribution < -0.4 is 10.2 Å². The molecule has 0 radical (unpaired) electrons. The van der Waals surface area contributed by atoms with Crippen LogP contribution in [0, 0.1) is 0 Å². The molecule has 0 aromatic rings. The van der Waals surface area contributed by atoms with Gasteiger partial charge in [-0.3, -0.25) is 9.36 Å². The van der Waals surface area contributed by atoms with Crippen LogP contribution in [0.4, 0.5) is 0 Å². The van der Waals surface area contributed by atoms with Crippen molar-refractivity contribution in [1.29, 1.82) is 0 Å². The zero-order chi connectivity index (χ0) is 53.5. The fourth-order valence-electron chi connectivity index (χ4n) is 9.90. The van der Waals surface area contributed by atoms with Gasteiger partial charge in [-0.1, -0.05) is 301 Å². The lowest BCUT2D eigenvalue weighted by Gasteiger charge is -2.30. The summed E-state index contributed by atoms with van der Waals surface area (Å²) in [5, 5.41) is 14.1. The largest absolute Gasteiger partial charge is 0.756 e. The summed E-state index contributed by atoms with van der Waals surface area (Å²) in [7, 11) is 1.32. The first kappa shape index (κ1) is 72.0. The number of hydrogen-bond donors (Lipinski definition) is 2. The van der Waals surface area contributed by atoms with E-state index in [2.05, 4.69) is 43.5 Å². The molecule has 2 N–H and O–H groups in total. The second-order valence-electron chi connectivity index (χ2n) is 23.5. The molecule has 0 aromatic heterocycles. The van der Waals surface area contributed by atoms with E-state index < -0.39 is 20.0 Å². The van der Waals surface area contributed by atoms with Gasteiger partial charge in [-0.25, -0.2) is 0 Å². The van der Waals surface area contributed by atoms with Gasteiger partial charge in [0.25, 0.3) is 7.82 Å². The molecule has 0 rings (SSSR count). The van der Waals surface area contributed by atoms with E-state index in [9.17, 15) is 19.4 Å². The van der Waals surface area contributed by atoms with Crippen molar-refractivity contribution < 1.29 is 32.9 Å². The molecule has 9 heteroatoms. The number of nitrogens with zero attached hydrogens (tertiary/aromatic N) is 1. The maximum atomic E-state index is 13.0. The summed E-state index contributed by atoms with van der Waals surface area (Å²) < 4.78 is 23.5. The molecule has 0 aliphatic rings. The smallest absolute Gasteiger partial charge is 0.268 e. The number of quaternary nitrogens is 1. The molecular formula is C64H127N2O6P. The molecule has 0 spiro atoms. The van der Waals surface area contributed by atoms with Crippen LogP contribution in [0.2, 0.25) is 0 Å². The second-order valence-corrected chi connectivity index (χ2v) is 24.9. The molecule has 0 aliphatic carbocycles. The third-order valence-corrected chi connectivity index (χ3v) is 15.9. The molecule has 0 aromatic carbocycles. The number of likely N-dealkylation sites (N-methyl/N-ethyl adjacent to an activating group) is 1. The van der Waals surface area contributed by atoms with Crippen LogP contribution >= 0.6 is 7.82 Å². The molecule has 0 saturated heterocycles. The van der Waals surface area contributed by atoms with E-state index in [1.54, 1.807) is 0 Å². The number of carbonyl (C=O) groups is 1. The van der Waals surface area contributed by atoms with Crippen LogP contribution in [0.3, 0.4) is 0 Å². The fourth-order valence-corrected chi connectivity index (χ4v) is 10.6. The van der Waals surface area contributed by atoms with Gasteiger partial charge in [0, 0.05) is 6.42 Å². The zero-order valence-corrected chi connectivity index (χ0v) is 50.5. The Hall–Kier alpha value is -1.02. The van der Waals surface area contributed by atoms with Gasteiger partial charge in [-0.15, -0.1) is 0 Å². The summed E-state index contributed by atoms with van der Waals surface area (Å²) in [5.41, 5.74) is 0. The lowest BCUT2D eigenvalue weighted by molar-refractivity contribution is -0.870.